The van der Waals surface area contributed by atoms with Gasteiger partial charge in [0.05, 0.1) is 17.9 Å². The molecule has 1 atom stereocenters. The van der Waals surface area contributed by atoms with Gasteiger partial charge in [0.25, 0.3) is 0 Å². The maximum atomic E-state index is 5.97. The number of nitrogens with two attached hydrogens (primary N) is 1. The normalized spacial score (nSPS) is 12.1. The lowest BCUT2D eigenvalue weighted by atomic mass is 10.2. The predicted molar refractivity (Wildman–Crippen MR) is 89.5 cm³/mol. The van der Waals surface area contributed by atoms with Gasteiger partial charge in [0.15, 0.2) is 0 Å². The van der Waals surface area contributed by atoms with Gasteiger partial charge >= 0.3 is 0 Å². The van der Waals surface area contributed by atoms with E-state index in [1.807, 2.05) is 19.1 Å². The second-order valence-electron chi connectivity index (χ2n) is 5.06. The SMILES string of the molecule is CC(N)Cc1cc2c(NCc3ccoc3)nc(Cl)nc2[nH]1.Cl. The maximum absolute atomic E-state index is 5.97. The number of nitrogens with one attached hydrogen (secondary N) is 2. The van der Waals surface area contributed by atoms with E-state index in [1.165, 1.54) is 0 Å². The quantitative estimate of drug-likeness (QED) is 0.620. The molecule has 0 bridgehead atoms. The van der Waals surface area contributed by atoms with Crippen LogP contribution in [0.4, 0.5) is 5.82 Å². The minimum atomic E-state index is 0. The van der Waals surface area contributed by atoms with E-state index in [0.717, 1.165) is 23.1 Å². The van der Waals surface area contributed by atoms with Crippen molar-refractivity contribution < 1.29 is 4.42 Å². The molecule has 8 heteroatoms. The third kappa shape index (κ3) is 3.71. The van der Waals surface area contributed by atoms with Crippen LogP contribution in [0.25, 0.3) is 11.0 Å². The van der Waals surface area contributed by atoms with Crippen molar-refractivity contribution in [2.24, 2.45) is 5.73 Å². The third-order valence-electron chi connectivity index (χ3n) is 3.10. The van der Waals surface area contributed by atoms with Crippen LogP contribution < -0.4 is 11.1 Å². The number of rotatable bonds is 5. The summed E-state index contributed by atoms with van der Waals surface area (Å²) in [5.74, 6) is 0.693. The largest absolute Gasteiger partial charge is 0.472 e. The average Bonchev–Trinajstić information content (AvgIpc) is 3.03. The van der Waals surface area contributed by atoms with Crippen LogP contribution in [0.2, 0.25) is 5.28 Å². The summed E-state index contributed by atoms with van der Waals surface area (Å²) in [6, 6.07) is 3.97. The van der Waals surface area contributed by atoms with E-state index in [4.69, 9.17) is 21.8 Å². The number of aromatic nitrogens is 3. The summed E-state index contributed by atoms with van der Waals surface area (Å²) in [5, 5.41) is 4.35. The van der Waals surface area contributed by atoms with Crippen LogP contribution in [0.1, 0.15) is 18.2 Å². The summed E-state index contributed by atoms with van der Waals surface area (Å²) in [7, 11) is 0. The molecule has 0 aliphatic carbocycles. The zero-order valence-corrected chi connectivity index (χ0v) is 13.5. The first kappa shape index (κ1) is 16.6. The van der Waals surface area contributed by atoms with Gasteiger partial charge in [-0.15, -0.1) is 12.4 Å². The molecule has 0 fully saturated rings. The first-order valence-corrected chi connectivity index (χ1v) is 7.05. The Morgan fingerprint density at radius 1 is 1.45 bits per heavy atom. The highest BCUT2D eigenvalue weighted by Crippen LogP contribution is 2.24. The average molecular weight is 342 g/mol. The Hall–Kier alpha value is -1.76. The van der Waals surface area contributed by atoms with E-state index in [-0.39, 0.29) is 23.7 Å². The topological polar surface area (TPSA) is 92.8 Å². The van der Waals surface area contributed by atoms with Gasteiger partial charge in [0.1, 0.15) is 11.5 Å². The Morgan fingerprint density at radius 3 is 2.95 bits per heavy atom. The molecule has 0 radical (unpaired) electrons. The monoisotopic (exact) mass is 341 g/mol. The maximum Gasteiger partial charge on any atom is 0.226 e. The first-order chi connectivity index (χ1) is 10.1. The highest BCUT2D eigenvalue weighted by molar-refractivity contribution is 6.28. The lowest BCUT2D eigenvalue weighted by molar-refractivity contribution is 0.564. The van der Waals surface area contributed by atoms with E-state index in [0.29, 0.717) is 18.0 Å². The van der Waals surface area contributed by atoms with Crippen molar-refractivity contribution in [2.45, 2.75) is 25.9 Å². The fraction of sp³-hybridized carbons (Fsp3) is 0.286. The Labute approximate surface area is 138 Å². The van der Waals surface area contributed by atoms with Crippen molar-refractivity contribution in [3.63, 3.8) is 0 Å². The van der Waals surface area contributed by atoms with Gasteiger partial charge in [-0.3, -0.25) is 0 Å². The third-order valence-corrected chi connectivity index (χ3v) is 3.27. The summed E-state index contributed by atoms with van der Waals surface area (Å²) < 4.78 is 5.04. The molecule has 0 saturated carbocycles. The van der Waals surface area contributed by atoms with Crippen LogP contribution in [0, 0.1) is 0 Å². The van der Waals surface area contributed by atoms with Crippen molar-refractivity contribution in [1.82, 2.24) is 15.0 Å². The molecule has 3 aromatic rings. The number of fused-ring (bicyclic) bond motifs is 1. The number of halogens is 2. The van der Waals surface area contributed by atoms with Gasteiger partial charge < -0.3 is 20.5 Å². The Balaban J connectivity index is 0.00000176. The minimum Gasteiger partial charge on any atom is -0.472 e. The molecule has 0 amide bonds. The van der Waals surface area contributed by atoms with Crippen LogP contribution in [0.5, 0.6) is 0 Å². The molecule has 118 valence electrons. The molecule has 1 unspecified atom stereocenters. The Bertz CT molecular complexity index is 739. The van der Waals surface area contributed by atoms with Crippen LogP contribution in [-0.2, 0) is 13.0 Å². The number of anilines is 1. The van der Waals surface area contributed by atoms with Gasteiger partial charge in [-0.2, -0.15) is 4.98 Å². The highest BCUT2D eigenvalue weighted by atomic mass is 35.5. The first-order valence-electron chi connectivity index (χ1n) is 6.67. The molecule has 0 spiro atoms. The molecule has 0 aliphatic heterocycles. The minimum absolute atomic E-state index is 0. The number of hydrogen-bond acceptors (Lipinski definition) is 5. The second-order valence-corrected chi connectivity index (χ2v) is 5.40. The zero-order valence-electron chi connectivity index (χ0n) is 12.0. The van der Waals surface area contributed by atoms with Crippen LogP contribution in [0.15, 0.2) is 29.1 Å². The molecule has 0 aromatic carbocycles. The van der Waals surface area contributed by atoms with Crippen molar-refractivity contribution >= 4 is 40.9 Å². The predicted octanol–water partition coefficient (Wildman–Crippen LogP) is 3.13. The van der Waals surface area contributed by atoms with E-state index >= 15 is 0 Å². The molecular formula is C14H17Cl2N5O. The van der Waals surface area contributed by atoms with Crippen molar-refractivity contribution in [3.8, 4) is 0 Å². The van der Waals surface area contributed by atoms with Crippen molar-refractivity contribution in [1.29, 1.82) is 0 Å². The van der Waals surface area contributed by atoms with Crippen LogP contribution in [-0.4, -0.2) is 21.0 Å². The smallest absolute Gasteiger partial charge is 0.226 e. The number of H-pyrrole nitrogens is 1. The van der Waals surface area contributed by atoms with Crippen molar-refractivity contribution in [3.05, 3.63) is 41.2 Å². The molecule has 0 aliphatic rings. The summed E-state index contributed by atoms with van der Waals surface area (Å²) >= 11 is 5.97. The molecule has 4 N–H and O–H groups in total. The lowest BCUT2D eigenvalue weighted by Crippen LogP contribution is -2.17. The van der Waals surface area contributed by atoms with Gasteiger partial charge in [-0.25, -0.2) is 4.98 Å². The van der Waals surface area contributed by atoms with Crippen LogP contribution in [0.3, 0.4) is 0 Å². The van der Waals surface area contributed by atoms with Gasteiger partial charge in [-0.05, 0) is 30.7 Å². The number of hydrogen-bond donors (Lipinski definition) is 3. The van der Waals surface area contributed by atoms with Crippen molar-refractivity contribution in [2.75, 3.05) is 5.32 Å². The molecule has 22 heavy (non-hydrogen) atoms. The molecule has 6 nitrogen and oxygen atoms in total. The zero-order chi connectivity index (χ0) is 14.8. The van der Waals surface area contributed by atoms with Gasteiger partial charge in [0.2, 0.25) is 5.28 Å². The standard InChI is InChI=1S/C14H16ClN5O.ClH/c1-8(16)4-10-5-11-12(17-6-9-2-3-21-7-9)19-14(15)20-13(11)18-10;/h2-3,5,7-8H,4,6,16H2,1H3,(H2,17,18,19,20);1H. The molecule has 3 aromatic heterocycles. The fourth-order valence-corrected chi connectivity index (χ4v) is 2.38. The summed E-state index contributed by atoms with van der Waals surface area (Å²) in [6.45, 7) is 2.56. The van der Waals surface area contributed by atoms with Crippen LogP contribution >= 0.6 is 24.0 Å². The van der Waals surface area contributed by atoms with Gasteiger partial charge in [0, 0.05) is 30.3 Å². The Morgan fingerprint density at radius 2 is 2.27 bits per heavy atom. The Kier molecular flexibility index (Phi) is 5.28. The molecule has 3 heterocycles. The highest BCUT2D eigenvalue weighted by Gasteiger charge is 2.11. The van der Waals surface area contributed by atoms with Gasteiger partial charge in [-0.1, -0.05) is 0 Å². The summed E-state index contributed by atoms with van der Waals surface area (Å²) in [4.78, 5) is 11.7. The number of aromatic amines is 1. The molecule has 3 rings (SSSR count). The van der Waals surface area contributed by atoms with E-state index in [9.17, 15) is 0 Å². The molecule has 0 saturated heterocycles. The van der Waals surface area contributed by atoms with E-state index in [1.54, 1.807) is 12.5 Å². The lowest BCUT2D eigenvalue weighted by Gasteiger charge is -2.05. The summed E-state index contributed by atoms with van der Waals surface area (Å²) in [5.41, 5.74) is 8.59. The molecular weight excluding hydrogens is 325 g/mol. The second kappa shape index (κ2) is 7.00. The summed E-state index contributed by atoms with van der Waals surface area (Å²) in [6.07, 6.45) is 4.07. The number of furan rings is 1. The van der Waals surface area contributed by atoms with E-state index < -0.39 is 0 Å². The van der Waals surface area contributed by atoms with E-state index in [2.05, 4.69) is 20.3 Å². The number of nitrogens with zero attached hydrogens (tertiary/aromatic N) is 2. The fourth-order valence-electron chi connectivity index (χ4n) is 2.21.